The summed E-state index contributed by atoms with van der Waals surface area (Å²) in [5.41, 5.74) is -0.487. The van der Waals surface area contributed by atoms with Crippen molar-refractivity contribution in [1.82, 2.24) is 0 Å². The smallest absolute Gasteiger partial charge is 0.284 e. The van der Waals surface area contributed by atoms with Gasteiger partial charge >= 0.3 is 0 Å². The van der Waals surface area contributed by atoms with Crippen LogP contribution in [-0.2, 0) is 0 Å². The zero-order valence-electron chi connectivity index (χ0n) is 11.7. The first-order chi connectivity index (χ1) is 9.97. The van der Waals surface area contributed by atoms with Crippen molar-refractivity contribution in [2.24, 2.45) is 0 Å². The average Bonchev–Trinajstić information content (AvgIpc) is 2.91. The quantitative estimate of drug-likeness (QED) is 0.478. The number of hydrogen-bond donors (Lipinski definition) is 0. The van der Waals surface area contributed by atoms with Crippen molar-refractivity contribution in [1.29, 1.82) is 0 Å². The average molecular weight is 291 g/mol. The number of rotatable bonds is 5. The highest BCUT2D eigenvalue weighted by Gasteiger charge is 2.26. The fourth-order valence-corrected chi connectivity index (χ4v) is 1.89. The molecule has 2 aromatic rings. The van der Waals surface area contributed by atoms with E-state index in [9.17, 15) is 14.9 Å². The number of furan rings is 1. The summed E-state index contributed by atoms with van der Waals surface area (Å²) in [7, 11) is 2.74. The van der Waals surface area contributed by atoms with Crippen molar-refractivity contribution >= 4 is 11.5 Å². The molecule has 0 saturated heterocycles. The molecule has 0 atom stereocenters. The van der Waals surface area contributed by atoms with Crippen LogP contribution in [0.3, 0.4) is 0 Å². The van der Waals surface area contributed by atoms with Gasteiger partial charge in [-0.25, -0.2) is 0 Å². The number of methoxy groups -OCH3 is 2. The van der Waals surface area contributed by atoms with Gasteiger partial charge < -0.3 is 13.9 Å². The van der Waals surface area contributed by atoms with Crippen LogP contribution in [0.15, 0.2) is 28.7 Å². The van der Waals surface area contributed by atoms with Gasteiger partial charge in [-0.2, -0.15) is 0 Å². The summed E-state index contributed by atoms with van der Waals surface area (Å²) in [4.78, 5) is 22.9. The summed E-state index contributed by atoms with van der Waals surface area (Å²) in [5.74, 6) is 0.395. The van der Waals surface area contributed by atoms with E-state index in [2.05, 4.69) is 0 Å². The van der Waals surface area contributed by atoms with Crippen molar-refractivity contribution in [3.8, 4) is 11.5 Å². The molecule has 0 unspecified atom stereocenters. The Balaban J connectivity index is 2.60. The third kappa shape index (κ3) is 2.71. The first-order valence-corrected chi connectivity index (χ1v) is 5.99. The monoisotopic (exact) mass is 291 g/mol. The summed E-state index contributed by atoms with van der Waals surface area (Å²) < 4.78 is 15.3. The van der Waals surface area contributed by atoms with Gasteiger partial charge in [-0.3, -0.25) is 14.9 Å². The fraction of sp³-hybridized carbons (Fsp3) is 0.214. The number of nitro benzene ring substituents is 1. The van der Waals surface area contributed by atoms with Crippen LogP contribution in [0.25, 0.3) is 0 Å². The van der Waals surface area contributed by atoms with Gasteiger partial charge in [0.15, 0.2) is 17.3 Å². The van der Waals surface area contributed by atoms with E-state index in [1.54, 1.807) is 13.0 Å². The van der Waals surface area contributed by atoms with Crippen molar-refractivity contribution in [2.75, 3.05) is 14.2 Å². The van der Waals surface area contributed by atoms with Gasteiger partial charge in [-0.15, -0.1) is 0 Å². The van der Waals surface area contributed by atoms with E-state index in [1.807, 2.05) is 0 Å². The van der Waals surface area contributed by atoms with Crippen LogP contribution in [-0.4, -0.2) is 24.9 Å². The Labute approximate surface area is 120 Å². The van der Waals surface area contributed by atoms with E-state index < -0.39 is 10.7 Å². The van der Waals surface area contributed by atoms with Gasteiger partial charge in [-0.1, -0.05) is 0 Å². The zero-order chi connectivity index (χ0) is 15.6. The largest absolute Gasteiger partial charge is 0.493 e. The van der Waals surface area contributed by atoms with E-state index in [0.29, 0.717) is 5.76 Å². The molecule has 1 heterocycles. The van der Waals surface area contributed by atoms with E-state index in [1.165, 1.54) is 26.4 Å². The number of ketones is 1. The second-order valence-electron chi connectivity index (χ2n) is 4.22. The Morgan fingerprint density at radius 1 is 1.19 bits per heavy atom. The van der Waals surface area contributed by atoms with Crippen LogP contribution < -0.4 is 9.47 Å². The first kappa shape index (κ1) is 14.6. The number of nitrogens with zero attached hydrogens (tertiary/aromatic N) is 1. The van der Waals surface area contributed by atoms with Gasteiger partial charge in [0, 0.05) is 6.07 Å². The Morgan fingerprint density at radius 3 is 2.29 bits per heavy atom. The highest BCUT2D eigenvalue weighted by Crippen LogP contribution is 2.35. The molecule has 0 amide bonds. The van der Waals surface area contributed by atoms with Crippen LogP contribution in [0, 0.1) is 17.0 Å². The lowest BCUT2D eigenvalue weighted by molar-refractivity contribution is -0.385. The number of carbonyl (C=O) groups excluding carboxylic acids is 1. The summed E-state index contributed by atoms with van der Waals surface area (Å²) in [6, 6.07) is 5.51. The molecule has 0 radical (unpaired) electrons. The van der Waals surface area contributed by atoms with Crippen molar-refractivity contribution in [3.63, 3.8) is 0 Å². The molecule has 0 aliphatic heterocycles. The molecule has 110 valence electrons. The molecule has 0 aliphatic rings. The molecule has 1 aromatic heterocycles. The number of nitro groups is 1. The van der Waals surface area contributed by atoms with E-state index in [-0.39, 0.29) is 28.5 Å². The molecule has 2 rings (SSSR count). The van der Waals surface area contributed by atoms with Crippen LogP contribution in [0.2, 0.25) is 0 Å². The molecule has 0 fully saturated rings. The maximum atomic E-state index is 12.4. The minimum atomic E-state index is -0.648. The van der Waals surface area contributed by atoms with Gasteiger partial charge in [-0.05, 0) is 19.1 Å². The molecular weight excluding hydrogens is 278 g/mol. The Hall–Kier alpha value is -2.83. The lowest BCUT2D eigenvalue weighted by Crippen LogP contribution is -2.06. The summed E-state index contributed by atoms with van der Waals surface area (Å²) >= 11 is 0. The summed E-state index contributed by atoms with van der Waals surface area (Å²) in [6.07, 6.45) is 0. The molecule has 0 aliphatic carbocycles. The number of ether oxygens (including phenoxy) is 2. The highest BCUT2D eigenvalue weighted by molar-refractivity contribution is 6.10. The molecule has 0 spiro atoms. The SMILES string of the molecule is COc1cc(C(=O)c2ccc(C)o2)c([N+](=O)[O-])cc1OC. The third-order valence-corrected chi connectivity index (χ3v) is 2.91. The van der Waals surface area contributed by atoms with Gasteiger partial charge in [0.05, 0.1) is 25.2 Å². The Morgan fingerprint density at radius 2 is 1.81 bits per heavy atom. The predicted octanol–water partition coefficient (Wildman–Crippen LogP) is 2.74. The van der Waals surface area contributed by atoms with Gasteiger partial charge in [0.2, 0.25) is 5.78 Å². The topological polar surface area (TPSA) is 91.8 Å². The number of benzene rings is 1. The minimum absolute atomic E-state index is 0.0304. The molecule has 0 saturated carbocycles. The van der Waals surface area contributed by atoms with E-state index in [0.717, 1.165) is 6.07 Å². The first-order valence-electron chi connectivity index (χ1n) is 5.99. The number of hydrogen-bond acceptors (Lipinski definition) is 6. The number of carbonyl (C=O) groups is 1. The van der Waals surface area contributed by atoms with E-state index >= 15 is 0 Å². The molecule has 7 heteroatoms. The lowest BCUT2D eigenvalue weighted by Gasteiger charge is -2.09. The molecule has 0 bridgehead atoms. The van der Waals surface area contributed by atoms with Gasteiger partial charge in [0.25, 0.3) is 5.69 Å². The normalized spacial score (nSPS) is 10.2. The van der Waals surface area contributed by atoms with E-state index in [4.69, 9.17) is 13.9 Å². The predicted molar refractivity (Wildman–Crippen MR) is 73.1 cm³/mol. The highest BCUT2D eigenvalue weighted by atomic mass is 16.6. The zero-order valence-corrected chi connectivity index (χ0v) is 11.7. The summed E-state index contributed by atoms with van der Waals surface area (Å²) in [6.45, 7) is 1.68. The molecule has 21 heavy (non-hydrogen) atoms. The Bertz CT molecular complexity index is 703. The molecule has 7 nitrogen and oxygen atoms in total. The van der Waals surface area contributed by atoms with Crippen molar-refractivity contribution in [3.05, 3.63) is 51.5 Å². The Kier molecular flexibility index (Phi) is 3.93. The second kappa shape index (κ2) is 5.66. The fourth-order valence-electron chi connectivity index (χ4n) is 1.89. The molecule has 1 aromatic carbocycles. The van der Waals surface area contributed by atoms with Crippen LogP contribution >= 0.6 is 0 Å². The van der Waals surface area contributed by atoms with Crippen LogP contribution in [0.1, 0.15) is 21.9 Å². The lowest BCUT2D eigenvalue weighted by atomic mass is 10.1. The molecule has 0 N–H and O–H groups in total. The summed E-state index contributed by atoms with van der Waals surface area (Å²) in [5, 5.41) is 11.2. The maximum Gasteiger partial charge on any atom is 0.284 e. The van der Waals surface area contributed by atoms with Crippen LogP contribution in [0.5, 0.6) is 11.5 Å². The van der Waals surface area contributed by atoms with Crippen molar-refractivity contribution in [2.45, 2.75) is 6.92 Å². The van der Waals surface area contributed by atoms with Crippen molar-refractivity contribution < 1.29 is 23.6 Å². The van der Waals surface area contributed by atoms with Gasteiger partial charge in [0.1, 0.15) is 11.3 Å². The molecular formula is C14H13NO6. The third-order valence-electron chi connectivity index (χ3n) is 2.91. The minimum Gasteiger partial charge on any atom is -0.493 e. The van der Waals surface area contributed by atoms with Crippen LogP contribution in [0.4, 0.5) is 5.69 Å². The maximum absolute atomic E-state index is 12.4. The second-order valence-corrected chi connectivity index (χ2v) is 4.22. The standard InChI is InChI=1S/C14H13NO6/c1-8-4-5-11(21-8)14(16)9-6-12(19-2)13(20-3)7-10(9)15(17)18/h4-7H,1-3H3. The number of aryl methyl sites for hydroxylation is 1.